The largest absolute Gasteiger partial charge is 0.358 e. The SMILES string of the molecule is Cc1ccc2[nH]c3c(c2c1)CN(C(=O)c1cc(C2CC2)[nH]n1)CC3. The van der Waals surface area contributed by atoms with Gasteiger partial charge in [0.1, 0.15) is 5.69 Å². The number of nitrogens with zero attached hydrogens (tertiary/aromatic N) is 2. The fourth-order valence-electron chi connectivity index (χ4n) is 3.71. The third-order valence-corrected chi connectivity index (χ3v) is 5.25. The average molecular weight is 320 g/mol. The summed E-state index contributed by atoms with van der Waals surface area (Å²) in [6.45, 7) is 3.50. The second-order valence-corrected chi connectivity index (χ2v) is 7.09. The molecule has 3 heterocycles. The number of rotatable bonds is 2. The van der Waals surface area contributed by atoms with Crippen LogP contribution in [-0.4, -0.2) is 32.5 Å². The Balaban J connectivity index is 1.45. The summed E-state index contributed by atoms with van der Waals surface area (Å²) in [6.07, 6.45) is 3.28. The van der Waals surface area contributed by atoms with Gasteiger partial charge in [0.2, 0.25) is 0 Å². The first-order chi connectivity index (χ1) is 11.7. The lowest BCUT2D eigenvalue weighted by Gasteiger charge is -2.26. The van der Waals surface area contributed by atoms with Crippen molar-refractivity contribution in [3.63, 3.8) is 0 Å². The highest BCUT2D eigenvalue weighted by Gasteiger charge is 2.29. The van der Waals surface area contributed by atoms with Gasteiger partial charge in [0.15, 0.2) is 0 Å². The molecule has 24 heavy (non-hydrogen) atoms. The van der Waals surface area contributed by atoms with Crippen LogP contribution in [0.3, 0.4) is 0 Å². The van der Waals surface area contributed by atoms with Crippen molar-refractivity contribution in [1.29, 1.82) is 0 Å². The Kier molecular flexibility index (Phi) is 2.86. The number of benzene rings is 1. The summed E-state index contributed by atoms with van der Waals surface area (Å²) in [5, 5.41) is 8.52. The first-order valence-corrected chi connectivity index (χ1v) is 8.64. The van der Waals surface area contributed by atoms with Crippen molar-refractivity contribution in [3.8, 4) is 0 Å². The van der Waals surface area contributed by atoms with Crippen molar-refractivity contribution >= 4 is 16.8 Å². The number of carbonyl (C=O) groups excluding carboxylic acids is 1. The van der Waals surface area contributed by atoms with Crippen molar-refractivity contribution in [2.24, 2.45) is 0 Å². The summed E-state index contributed by atoms with van der Waals surface area (Å²) in [4.78, 5) is 18.3. The van der Waals surface area contributed by atoms with Gasteiger partial charge < -0.3 is 9.88 Å². The van der Waals surface area contributed by atoms with Gasteiger partial charge in [0.05, 0.1) is 0 Å². The van der Waals surface area contributed by atoms with Crippen LogP contribution in [0.25, 0.3) is 10.9 Å². The molecule has 2 aromatic heterocycles. The van der Waals surface area contributed by atoms with Crippen LogP contribution in [0.4, 0.5) is 0 Å². The number of nitrogens with one attached hydrogen (secondary N) is 2. The van der Waals surface area contributed by atoms with E-state index in [0.717, 1.165) is 24.2 Å². The monoisotopic (exact) mass is 320 g/mol. The van der Waals surface area contributed by atoms with Crippen LogP contribution >= 0.6 is 0 Å². The number of hydrogen-bond donors (Lipinski definition) is 2. The molecule has 0 unspecified atom stereocenters. The van der Waals surface area contributed by atoms with E-state index in [0.29, 0.717) is 18.2 Å². The maximum atomic E-state index is 12.8. The minimum absolute atomic E-state index is 0.0332. The molecule has 1 saturated carbocycles. The Morgan fingerprint density at radius 3 is 3.00 bits per heavy atom. The van der Waals surface area contributed by atoms with Crippen LogP contribution in [0.2, 0.25) is 0 Å². The maximum Gasteiger partial charge on any atom is 0.274 e. The van der Waals surface area contributed by atoms with Gasteiger partial charge in [-0.3, -0.25) is 9.89 Å². The molecule has 0 spiro atoms. The van der Waals surface area contributed by atoms with Crippen LogP contribution in [0.15, 0.2) is 24.3 Å². The molecule has 5 rings (SSSR count). The van der Waals surface area contributed by atoms with Crippen molar-refractivity contribution in [1.82, 2.24) is 20.1 Å². The Labute approximate surface area is 140 Å². The fourth-order valence-corrected chi connectivity index (χ4v) is 3.71. The van der Waals surface area contributed by atoms with E-state index in [9.17, 15) is 4.79 Å². The lowest BCUT2D eigenvalue weighted by atomic mass is 10.0. The standard InChI is InChI=1S/C19H20N4O/c1-11-2-5-15-13(8-11)14-10-23(7-6-16(14)20-15)19(24)18-9-17(21-22-18)12-3-4-12/h2,5,8-9,12,20H,3-4,6-7,10H2,1H3,(H,21,22). The molecule has 1 aliphatic heterocycles. The molecule has 122 valence electrons. The van der Waals surface area contributed by atoms with Crippen LogP contribution in [0.5, 0.6) is 0 Å². The van der Waals surface area contributed by atoms with Gasteiger partial charge in [-0.05, 0) is 38.0 Å². The summed E-state index contributed by atoms with van der Waals surface area (Å²) < 4.78 is 0. The highest BCUT2D eigenvalue weighted by Crippen LogP contribution is 2.39. The van der Waals surface area contributed by atoms with E-state index < -0.39 is 0 Å². The van der Waals surface area contributed by atoms with E-state index >= 15 is 0 Å². The molecule has 1 fully saturated rings. The number of amides is 1. The quantitative estimate of drug-likeness (QED) is 0.761. The van der Waals surface area contributed by atoms with E-state index in [4.69, 9.17) is 0 Å². The Morgan fingerprint density at radius 2 is 2.17 bits per heavy atom. The first-order valence-electron chi connectivity index (χ1n) is 8.64. The lowest BCUT2D eigenvalue weighted by molar-refractivity contribution is 0.0729. The van der Waals surface area contributed by atoms with Crippen LogP contribution in [0.1, 0.15) is 51.8 Å². The summed E-state index contributed by atoms with van der Waals surface area (Å²) >= 11 is 0. The summed E-state index contributed by atoms with van der Waals surface area (Å²) in [6, 6.07) is 8.40. The molecule has 0 saturated heterocycles. The van der Waals surface area contributed by atoms with Crippen molar-refractivity contribution in [3.05, 3.63) is 52.5 Å². The van der Waals surface area contributed by atoms with E-state index in [1.165, 1.54) is 35.0 Å². The van der Waals surface area contributed by atoms with Crippen LogP contribution < -0.4 is 0 Å². The number of H-pyrrole nitrogens is 2. The van der Waals surface area contributed by atoms with Gasteiger partial charge in [-0.15, -0.1) is 0 Å². The number of fused-ring (bicyclic) bond motifs is 3. The smallest absolute Gasteiger partial charge is 0.274 e. The van der Waals surface area contributed by atoms with Crippen LogP contribution in [0, 0.1) is 6.92 Å². The van der Waals surface area contributed by atoms with Gasteiger partial charge in [0, 0.05) is 53.3 Å². The fraction of sp³-hybridized carbons (Fsp3) is 0.368. The number of aryl methyl sites for hydroxylation is 1. The zero-order valence-electron chi connectivity index (χ0n) is 13.7. The third kappa shape index (κ3) is 2.15. The highest BCUT2D eigenvalue weighted by atomic mass is 16.2. The number of aromatic amines is 2. The normalized spacial score (nSPS) is 17.3. The highest BCUT2D eigenvalue weighted by molar-refractivity contribution is 5.93. The minimum atomic E-state index is 0.0332. The van der Waals surface area contributed by atoms with Crippen molar-refractivity contribution in [2.75, 3.05) is 6.54 Å². The molecule has 0 atom stereocenters. The second-order valence-electron chi connectivity index (χ2n) is 7.09. The first kappa shape index (κ1) is 13.8. The van der Waals surface area contributed by atoms with Gasteiger partial charge in [-0.25, -0.2) is 0 Å². The topological polar surface area (TPSA) is 64.8 Å². The van der Waals surface area contributed by atoms with Gasteiger partial charge in [-0.2, -0.15) is 5.10 Å². The van der Waals surface area contributed by atoms with Crippen LogP contribution in [-0.2, 0) is 13.0 Å². The molecule has 1 aliphatic carbocycles. The van der Waals surface area contributed by atoms with Gasteiger partial charge >= 0.3 is 0 Å². The van der Waals surface area contributed by atoms with Gasteiger partial charge in [0.25, 0.3) is 5.91 Å². The van der Waals surface area contributed by atoms with Crippen molar-refractivity contribution in [2.45, 2.75) is 38.6 Å². The maximum absolute atomic E-state index is 12.8. The molecule has 5 nitrogen and oxygen atoms in total. The molecule has 3 aromatic rings. The molecular weight excluding hydrogens is 300 g/mol. The third-order valence-electron chi connectivity index (χ3n) is 5.25. The molecule has 1 amide bonds. The molecule has 0 bridgehead atoms. The summed E-state index contributed by atoms with van der Waals surface area (Å²) in [7, 11) is 0. The zero-order valence-corrected chi connectivity index (χ0v) is 13.7. The predicted octanol–water partition coefficient (Wildman–Crippen LogP) is 3.28. The van der Waals surface area contributed by atoms with Crippen molar-refractivity contribution < 1.29 is 4.79 Å². The Morgan fingerprint density at radius 1 is 1.29 bits per heavy atom. The zero-order chi connectivity index (χ0) is 16.3. The lowest BCUT2D eigenvalue weighted by Crippen LogP contribution is -2.36. The molecule has 0 radical (unpaired) electrons. The van der Waals surface area contributed by atoms with E-state index in [1.807, 2.05) is 11.0 Å². The van der Waals surface area contributed by atoms with E-state index in [1.54, 1.807) is 0 Å². The van der Waals surface area contributed by atoms with E-state index in [-0.39, 0.29) is 5.91 Å². The number of hydrogen-bond acceptors (Lipinski definition) is 2. The molecule has 2 aliphatic rings. The second kappa shape index (κ2) is 4.97. The summed E-state index contributed by atoms with van der Waals surface area (Å²) in [5.74, 6) is 0.620. The average Bonchev–Trinajstić information content (AvgIpc) is 3.21. The molecule has 1 aromatic carbocycles. The molecular formula is C19H20N4O. The molecule has 2 N–H and O–H groups in total. The van der Waals surface area contributed by atoms with Gasteiger partial charge in [-0.1, -0.05) is 11.6 Å². The Hall–Kier alpha value is -2.56. The Bertz CT molecular complexity index is 948. The van der Waals surface area contributed by atoms with E-state index in [2.05, 4.69) is 40.3 Å². The molecule has 5 heteroatoms. The minimum Gasteiger partial charge on any atom is -0.358 e. The summed E-state index contributed by atoms with van der Waals surface area (Å²) in [5.41, 5.74) is 6.59. The predicted molar refractivity (Wildman–Crippen MR) is 92.0 cm³/mol. The number of carbonyl (C=O) groups is 1. The number of aromatic nitrogens is 3.